The van der Waals surface area contributed by atoms with Crippen LogP contribution in [-0.4, -0.2) is 10.9 Å². The maximum atomic E-state index is 12.7. The Morgan fingerprint density at radius 1 is 0.545 bits per heavy atom. The minimum atomic E-state index is -0.119. The van der Waals surface area contributed by atoms with Crippen LogP contribution in [0.25, 0.3) is 33.7 Å². The van der Waals surface area contributed by atoms with Crippen molar-refractivity contribution in [2.75, 3.05) is 5.32 Å². The molecule has 55 heavy (non-hydrogen) atoms. The van der Waals surface area contributed by atoms with Crippen LogP contribution in [0.2, 0.25) is 0 Å². The zero-order valence-electron chi connectivity index (χ0n) is 33.5. The van der Waals surface area contributed by atoms with E-state index >= 15 is 0 Å². The van der Waals surface area contributed by atoms with Gasteiger partial charge in [0, 0.05) is 107 Å². The van der Waals surface area contributed by atoms with Crippen molar-refractivity contribution in [1.82, 2.24) is 4.98 Å². The predicted molar refractivity (Wildman–Crippen MR) is 231 cm³/mol. The standard InChI is InChI=1S/C21H17NO.C15H11NO.4C2H6.CH4.2CH3.4W/c23-21(22-19-14-8-3-9-15-19)20(18-12-6-2-7-13-18)16-17-10-4-1-5-11-17;17-15-13(11-6-2-1-3-7-11)10-12-8-4-5-9-14(12)16-15;4*1-2;;;;;;;/h1-16H,(H,22,23);1-10H,(H,16,17);4*1-2H3;1H4;2*1H3;;;;/q;;;;;;;2*-1;;;;/b20-16+;;;;;;;;;;;;. The summed E-state index contributed by atoms with van der Waals surface area (Å²) in [5.41, 5.74) is 5.79. The summed E-state index contributed by atoms with van der Waals surface area (Å²) in [5.74, 6) is -0.119. The summed E-state index contributed by atoms with van der Waals surface area (Å²) < 4.78 is 0. The molecule has 8 heteroatoms. The largest absolute Gasteiger partial charge is 0.358 e. The number of aromatic amines is 1. The average Bonchev–Trinajstić information content (AvgIpc) is 3.18. The van der Waals surface area contributed by atoms with Crippen molar-refractivity contribution in [3.63, 3.8) is 0 Å². The van der Waals surface area contributed by atoms with Gasteiger partial charge in [-0.25, -0.2) is 0 Å². The number of aromatic nitrogens is 1. The van der Waals surface area contributed by atoms with Crippen LogP contribution in [0.5, 0.6) is 0 Å². The van der Waals surface area contributed by atoms with E-state index in [1.54, 1.807) is 0 Å². The second kappa shape index (κ2) is 42.4. The van der Waals surface area contributed by atoms with Crippen LogP contribution in [-0.2, 0) is 89.1 Å². The van der Waals surface area contributed by atoms with E-state index in [1.165, 1.54) is 0 Å². The number of rotatable bonds is 5. The molecule has 6 rings (SSSR count). The molecule has 2 N–H and O–H groups in total. The third kappa shape index (κ3) is 23.8. The second-order valence-electron chi connectivity index (χ2n) is 9.12. The van der Waals surface area contributed by atoms with E-state index in [9.17, 15) is 9.59 Å². The van der Waals surface area contributed by atoms with Gasteiger partial charge in [0.2, 0.25) is 0 Å². The predicted octanol–water partition coefficient (Wildman–Crippen LogP) is 13.7. The fraction of sp³-hybridized carbons (Fsp3) is 0.191. The minimum Gasteiger partial charge on any atom is -0.358 e. The van der Waals surface area contributed by atoms with E-state index in [0.29, 0.717) is 11.1 Å². The molecule has 0 radical (unpaired) electrons. The molecular formula is C47H62N2O2W4-2. The zero-order valence-corrected chi connectivity index (χ0v) is 45.2. The van der Waals surface area contributed by atoms with E-state index in [-0.39, 0.29) is 118 Å². The van der Waals surface area contributed by atoms with Gasteiger partial charge >= 0.3 is 0 Å². The van der Waals surface area contributed by atoms with Gasteiger partial charge < -0.3 is 25.2 Å². The van der Waals surface area contributed by atoms with Crippen molar-refractivity contribution in [3.8, 4) is 11.1 Å². The summed E-state index contributed by atoms with van der Waals surface area (Å²) in [4.78, 5) is 27.6. The van der Waals surface area contributed by atoms with Crippen LogP contribution in [0.1, 0.15) is 73.9 Å². The molecule has 0 saturated heterocycles. The van der Waals surface area contributed by atoms with Crippen LogP contribution < -0.4 is 10.9 Å². The first-order valence-corrected chi connectivity index (χ1v) is 17.0. The first-order chi connectivity index (χ1) is 23.7. The van der Waals surface area contributed by atoms with Crippen molar-refractivity contribution >= 4 is 34.1 Å². The van der Waals surface area contributed by atoms with Crippen LogP contribution in [0.3, 0.4) is 0 Å². The number of carbonyl (C=O) groups is 1. The Morgan fingerprint density at radius 2 is 0.945 bits per heavy atom. The first-order valence-electron chi connectivity index (χ1n) is 17.0. The van der Waals surface area contributed by atoms with Crippen molar-refractivity contribution in [3.05, 3.63) is 188 Å². The van der Waals surface area contributed by atoms with Crippen LogP contribution in [0.4, 0.5) is 5.69 Å². The molecule has 0 atom stereocenters. The molecule has 0 unspecified atom stereocenters. The number of nitrogens with one attached hydrogen (secondary N) is 2. The van der Waals surface area contributed by atoms with Crippen LogP contribution >= 0.6 is 0 Å². The van der Waals surface area contributed by atoms with Gasteiger partial charge in [-0.3, -0.25) is 9.59 Å². The van der Waals surface area contributed by atoms with Gasteiger partial charge in [0.15, 0.2) is 0 Å². The number of fused-ring (bicyclic) bond motifs is 1. The number of anilines is 1. The molecular weight excluding hydrogens is 1360 g/mol. The van der Waals surface area contributed by atoms with E-state index in [2.05, 4.69) is 10.3 Å². The van der Waals surface area contributed by atoms with Crippen LogP contribution in [0, 0.1) is 14.9 Å². The number of para-hydroxylation sites is 2. The molecule has 0 bridgehead atoms. The Labute approximate surface area is 391 Å². The second-order valence-corrected chi connectivity index (χ2v) is 9.12. The maximum absolute atomic E-state index is 12.7. The number of amides is 1. The Hall–Kier alpha value is -2.73. The molecule has 0 aliphatic carbocycles. The molecule has 1 aromatic heterocycles. The quantitative estimate of drug-likeness (QED) is 0.103. The maximum Gasteiger partial charge on any atom is 0.256 e. The van der Waals surface area contributed by atoms with Gasteiger partial charge in [-0.2, -0.15) is 0 Å². The number of H-pyrrole nitrogens is 1. The summed E-state index contributed by atoms with van der Waals surface area (Å²) >= 11 is 0. The molecule has 5 aromatic carbocycles. The fourth-order valence-corrected chi connectivity index (χ4v) is 4.31. The molecule has 1 heterocycles. The van der Waals surface area contributed by atoms with Gasteiger partial charge in [0.1, 0.15) is 0 Å². The molecule has 298 valence electrons. The first kappa shape index (κ1) is 67.0. The molecule has 1 amide bonds. The summed E-state index contributed by atoms with van der Waals surface area (Å²) in [6.45, 7) is 16.0. The number of pyridine rings is 1. The normalized spacial score (nSPS) is 8.33. The molecule has 4 nitrogen and oxygen atoms in total. The minimum absolute atomic E-state index is 0. The summed E-state index contributed by atoms with van der Waals surface area (Å²) in [6.07, 6.45) is 1.91. The molecule has 0 saturated carbocycles. The topological polar surface area (TPSA) is 62.0 Å². The molecule has 0 aliphatic heterocycles. The van der Waals surface area contributed by atoms with Gasteiger partial charge in [-0.1, -0.05) is 190 Å². The van der Waals surface area contributed by atoms with E-state index in [4.69, 9.17) is 0 Å². The molecule has 0 aliphatic rings. The third-order valence-corrected chi connectivity index (χ3v) is 6.31. The van der Waals surface area contributed by atoms with Gasteiger partial charge in [-0.05, 0) is 52.4 Å². The fourth-order valence-electron chi connectivity index (χ4n) is 4.31. The van der Waals surface area contributed by atoms with E-state index in [0.717, 1.165) is 33.3 Å². The summed E-state index contributed by atoms with van der Waals surface area (Å²) in [5, 5.41) is 4.00. The molecule has 6 aromatic rings. The average molecular weight is 1420 g/mol. The van der Waals surface area contributed by atoms with Crippen molar-refractivity contribution in [2.24, 2.45) is 0 Å². The van der Waals surface area contributed by atoms with Crippen molar-refractivity contribution in [1.29, 1.82) is 0 Å². The van der Waals surface area contributed by atoms with E-state index in [1.807, 2.05) is 213 Å². The van der Waals surface area contributed by atoms with Crippen LogP contribution in [0.15, 0.2) is 156 Å². The van der Waals surface area contributed by atoms with Gasteiger partial charge in [-0.15, -0.1) is 0 Å². The SMILES string of the molecule is C.CC.CC.CC.CC.O=C(Nc1ccccc1)/C(=C/c1ccccc1)c1ccccc1.O=c1[nH]c2ccccc2cc1-c1ccccc1.[CH3-].[CH3-].[W].[W].[W].[W]. The zero-order chi connectivity index (χ0) is 35.6. The Bertz CT molecular complexity index is 1800. The summed E-state index contributed by atoms with van der Waals surface area (Å²) in [7, 11) is 0. The van der Waals surface area contributed by atoms with Gasteiger partial charge in [0.25, 0.3) is 11.5 Å². The Morgan fingerprint density at radius 3 is 1.44 bits per heavy atom. The van der Waals surface area contributed by atoms with Crippen molar-refractivity contribution < 1.29 is 89.1 Å². The number of hydrogen-bond acceptors (Lipinski definition) is 2. The number of hydrogen-bond donors (Lipinski definition) is 2. The Kier molecular flexibility index (Phi) is 51.7. The van der Waals surface area contributed by atoms with Gasteiger partial charge in [0.05, 0.1) is 0 Å². The number of carbonyl (C=O) groups excluding carboxylic acids is 1. The molecule has 0 fully saturated rings. The van der Waals surface area contributed by atoms with Crippen molar-refractivity contribution in [2.45, 2.75) is 62.8 Å². The third-order valence-electron chi connectivity index (χ3n) is 6.31. The van der Waals surface area contributed by atoms with E-state index < -0.39 is 0 Å². The summed E-state index contributed by atoms with van der Waals surface area (Å²) in [6, 6.07) is 48.5. The number of benzene rings is 5. The monoisotopic (exact) mass is 1420 g/mol. The molecule has 0 spiro atoms. The smallest absolute Gasteiger partial charge is 0.256 e. The Balaban J connectivity index is -0.000000130.